The van der Waals surface area contributed by atoms with E-state index in [0.29, 0.717) is 10.8 Å². The van der Waals surface area contributed by atoms with Crippen LogP contribution in [0.25, 0.3) is 0 Å². The van der Waals surface area contributed by atoms with Crippen molar-refractivity contribution in [3.05, 3.63) is 47.1 Å². The lowest BCUT2D eigenvalue weighted by atomic mass is 10.2. The van der Waals surface area contributed by atoms with Gasteiger partial charge >= 0.3 is 0 Å². The van der Waals surface area contributed by atoms with E-state index in [0.717, 1.165) is 5.56 Å². The first-order chi connectivity index (χ1) is 8.88. The number of hydrogen-bond donors (Lipinski definition) is 0. The van der Waals surface area contributed by atoms with Crippen molar-refractivity contribution in [3.63, 3.8) is 0 Å². The molecular weight excluding hydrogens is 309 g/mol. The minimum atomic E-state index is -3.93. The Morgan fingerprint density at radius 2 is 2.00 bits per heavy atom. The van der Waals surface area contributed by atoms with Gasteiger partial charge in [0.2, 0.25) is 5.88 Å². The van der Waals surface area contributed by atoms with Gasteiger partial charge in [0.1, 0.15) is 10.6 Å². The molecule has 0 aliphatic carbocycles. The summed E-state index contributed by atoms with van der Waals surface area (Å²) < 4.78 is 28.3. The number of nitrogens with zero attached hydrogens (tertiary/aromatic N) is 1. The summed E-state index contributed by atoms with van der Waals surface area (Å²) in [6.07, 6.45) is 1.41. The lowest BCUT2D eigenvalue weighted by Gasteiger charge is -2.09. The number of pyridine rings is 1. The number of ether oxygens (including phenoxy) is 1. The van der Waals surface area contributed by atoms with Gasteiger partial charge in [-0.3, -0.25) is 0 Å². The predicted molar refractivity (Wildman–Crippen MR) is 73.5 cm³/mol. The highest BCUT2D eigenvalue weighted by molar-refractivity contribution is 8.13. The maximum absolute atomic E-state index is 11.4. The molecule has 19 heavy (non-hydrogen) atoms. The van der Waals surface area contributed by atoms with E-state index < -0.39 is 9.05 Å². The number of aromatic nitrogens is 1. The molecule has 0 spiro atoms. The summed E-state index contributed by atoms with van der Waals surface area (Å²) in [6.45, 7) is 1.86. The molecule has 4 nitrogen and oxygen atoms in total. The minimum absolute atomic E-state index is 0.106. The van der Waals surface area contributed by atoms with Crippen LogP contribution in [-0.4, -0.2) is 13.4 Å². The zero-order chi connectivity index (χ0) is 14.0. The second kappa shape index (κ2) is 5.36. The van der Waals surface area contributed by atoms with Crippen molar-refractivity contribution in [2.45, 2.75) is 11.8 Å². The molecular formula is C12H9Cl2NO3S. The Balaban J connectivity index is 2.47. The Bertz CT molecular complexity index is 717. The Morgan fingerprint density at radius 3 is 2.68 bits per heavy atom. The molecule has 100 valence electrons. The first-order valence-corrected chi connectivity index (χ1v) is 7.90. The smallest absolute Gasteiger partial charge is 0.266 e. The van der Waals surface area contributed by atoms with Crippen LogP contribution in [0.1, 0.15) is 5.56 Å². The summed E-state index contributed by atoms with van der Waals surface area (Å²) >= 11 is 5.98. The average molecular weight is 318 g/mol. The minimum Gasteiger partial charge on any atom is -0.436 e. The molecule has 1 heterocycles. The van der Waals surface area contributed by atoms with E-state index in [1.165, 1.54) is 18.3 Å². The second-order valence-electron chi connectivity index (χ2n) is 3.78. The molecule has 0 unspecified atom stereocenters. The van der Waals surface area contributed by atoms with Gasteiger partial charge in [0.25, 0.3) is 9.05 Å². The van der Waals surface area contributed by atoms with Crippen LogP contribution in [0.4, 0.5) is 0 Å². The van der Waals surface area contributed by atoms with E-state index in [1.54, 1.807) is 12.1 Å². The van der Waals surface area contributed by atoms with Gasteiger partial charge in [-0.1, -0.05) is 17.7 Å². The quantitative estimate of drug-likeness (QED) is 0.809. The van der Waals surface area contributed by atoms with Gasteiger partial charge < -0.3 is 4.74 Å². The van der Waals surface area contributed by atoms with Crippen LogP contribution in [0.15, 0.2) is 41.4 Å². The van der Waals surface area contributed by atoms with Crippen LogP contribution < -0.4 is 4.74 Å². The van der Waals surface area contributed by atoms with Gasteiger partial charge in [-0.2, -0.15) is 0 Å². The number of benzene rings is 1. The van der Waals surface area contributed by atoms with Gasteiger partial charge in [-0.05, 0) is 36.8 Å². The number of hydrogen-bond acceptors (Lipinski definition) is 4. The van der Waals surface area contributed by atoms with Gasteiger partial charge in [0.15, 0.2) is 0 Å². The van der Waals surface area contributed by atoms with E-state index in [9.17, 15) is 8.42 Å². The summed E-state index contributed by atoms with van der Waals surface area (Å²) in [5.41, 5.74) is 0.922. The third-order valence-corrected chi connectivity index (χ3v) is 3.94. The van der Waals surface area contributed by atoms with E-state index in [4.69, 9.17) is 27.0 Å². The Morgan fingerprint density at radius 1 is 1.26 bits per heavy atom. The second-order valence-corrected chi connectivity index (χ2v) is 6.72. The molecule has 0 amide bonds. The van der Waals surface area contributed by atoms with Crippen molar-refractivity contribution in [2.24, 2.45) is 0 Å². The topological polar surface area (TPSA) is 56.3 Å². The van der Waals surface area contributed by atoms with Crippen LogP contribution in [0.2, 0.25) is 5.02 Å². The third kappa shape index (κ3) is 3.37. The van der Waals surface area contributed by atoms with Crippen molar-refractivity contribution >= 4 is 31.3 Å². The van der Waals surface area contributed by atoms with Crippen LogP contribution >= 0.6 is 22.3 Å². The molecule has 0 N–H and O–H groups in total. The lowest BCUT2D eigenvalue weighted by Crippen LogP contribution is -1.98. The van der Waals surface area contributed by atoms with Crippen LogP contribution in [-0.2, 0) is 9.05 Å². The first kappa shape index (κ1) is 14.1. The molecule has 1 aromatic heterocycles. The first-order valence-electron chi connectivity index (χ1n) is 5.21. The van der Waals surface area contributed by atoms with E-state index in [1.807, 2.05) is 13.0 Å². The van der Waals surface area contributed by atoms with Crippen LogP contribution in [0.3, 0.4) is 0 Å². The Labute approximate surface area is 120 Å². The number of aryl methyl sites for hydroxylation is 1. The van der Waals surface area contributed by atoms with Crippen molar-refractivity contribution in [1.82, 2.24) is 4.98 Å². The largest absolute Gasteiger partial charge is 0.436 e. The van der Waals surface area contributed by atoms with Crippen molar-refractivity contribution < 1.29 is 13.2 Å². The van der Waals surface area contributed by atoms with E-state index >= 15 is 0 Å². The monoisotopic (exact) mass is 317 g/mol. The third-order valence-electron chi connectivity index (χ3n) is 2.29. The zero-order valence-electron chi connectivity index (χ0n) is 9.80. The van der Waals surface area contributed by atoms with Crippen LogP contribution in [0.5, 0.6) is 11.6 Å². The van der Waals surface area contributed by atoms with Crippen molar-refractivity contribution in [3.8, 4) is 11.6 Å². The molecule has 2 aromatic rings. The molecule has 1 aromatic carbocycles. The van der Waals surface area contributed by atoms with Crippen molar-refractivity contribution in [1.29, 1.82) is 0 Å². The highest BCUT2D eigenvalue weighted by Crippen LogP contribution is 2.33. The van der Waals surface area contributed by atoms with Gasteiger partial charge in [-0.15, -0.1) is 0 Å². The van der Waals surface area contributed by atoms with E-state index in [-0.39, 0.29) is 10.8 Å². The fourth-order valence-corrected chi connectivity index (χ4v) is 2.48. The van der Waals surface area contributed by atoms with Gasteiger partial charge in [-0.25, -0.2) is 13.4 Å². The molecule has 0 aliphatic rings. The molecule has 0 saturated carbocycles. The summed E-state index contributed by atoms with van der Waals surface area (Å²) in [5, 5.41) is 0.356. The molecule has 7 heteroatoms. The molecule has 0 fully saturated rings. The maximum Gasteiger partial charge on any atom is 0.266 e. The van der Waals surface area contributed by atoms with Gasteiger partial charge in [0.05, 0.1) is 5.02 Å². The highest BCUT2D eigenvalue weighted by atomic mass is 35.7. The SMILES string of the molecule is Cc1ccc(Cl)c(Oc2ncccc2S(=O)(=O)Cl)c1. The summed E-state index contributed by atoms with van der Waals surface area (Å²) in [6, 6.07) is 7.92. The lowest BCUT2D eigenvalue weighted by molar-refractivity contribution is 0.448. The average Bonchev–Trinajstić information content (AvgIpc) is 2.33. The summed E-state index contributed by atoms with van der Waals surface area (Å²) in [7, 11) is 1.39. The Kier molecular flexibility index (Phi) is 3.99. The molecule has 2 rings (SSSR count). The van der Waals surface area contributed by atoms with E-state index in [2.05, 4.69) is 4.98 Å². The fourth-order valence-electron chi connectivity index (χ4n) is 1.43. The summed E-state index contributed by atoms with van der Waals surface area (Å²) in [4.78, 5) is 3.67. The Hall–Kier alpha value is -1.30. The van der Waals surface area contributed by atoms with Gasteiger partial charge in [0, 0.05) is 16.9 Å². The fraction of sp³-hybridized carbons (Fsp3) is 0.0833. The molecule has 0 atom stereocenters. The normalized spacial score (nSPS) is 11.3. The highest BCUT2D eigenvalue weighted by Gasteiger charge is 2.19. The standard InChI is InChI=1S/C12H9Cl2NO3S/c1-8-4-5-9(13)10(7-8)18-12-11(19(14,16)17)3-2-6-15-12/h2-7H,1H3. The van der Waals surface area contributed by atoms with Crippen LogP contribution in [0, 0.1) is 6.92 Å². The zero-order valence-corrected chi connectivity index (χ0v) is 12.1. The predicted octanol–water partition coefficient (Wildman–Crippen LogP) is 3.76. The maximum atomic E-state index is 11.4. The van der Waals surface area contributed by atoms with Crippen molar-refractivity contribution in [2.75, 3.05) is 0 Å². The molecule has 0 aliphatic heterocycles. The summed E-state index contributed by atoms with van der Waals surface area (Å²) in [5.74, 6) is 0.215. The molecule has 0 saturated heterocycles. The number of halogens is 2. The molecule has 0 bridgehead atoms. The molecule has 0 radical (unpaired) electrons. The number of rotatable bonds is 3.